The zero-order valence-corrected chi connectivity index (χ0v) is 21.7. The predicted octanol–water partition coefficient (Wildman–Crippen LogP) is 3.61. The molecule has 1 aliphatic heterocycles. The number of guanidine groups is 1. The van der Waals surface area contributed by atoms with E-state index in [2.05, 4.69) is 61.4 Å². The molecule has 1 aromatic rings. The molecular weight excluding hydrogens is 491 g/mol. The van der Waals surface area contributed by atoms with Crippen molar-refractivity contribution in [1.82, 2.24) is 15.5 Å². The molecule has 0 unspecified atom stereocenters. The summed E-state index contributed by atoms with van der Waals surface area (Å²) in [6, 6.07) is 6.87. The van der Waals surface area contributed by atoms with Crippen LogP contribution >= 0.6 is 24.0 Å². The van der Waals surface area contributed by atoms with Crippen molar-refractivity contribution in [2.75, 3.05) is 46.4 Å². The summed E-state index contributed by atoms with van der Waals surface area (Å²) >= 11 is 0. The third kappa shape index (κ3) is 9.83. The lowest BCUT2D eigenvalue weighted by molar-refractivity contribution is 0.0532. The number of rotatable bonds is 10. The van der Waals surface area contributed by atoms with Gasteiger partial charge >= 0.3 is 0 Å². The molecule has 0 aromatic heterocycles. The molecule has 6 nitrogen and oxygen atoms in total. The van der Waals surface area contributed by atoms with Crippen LogP contribution in [-0.4, -0.2) is 69.4 Å². The van der Waals surface area contributed by atoms with E-state index in [9.17, 15) is 0 Å². The molecule has 1 aromatic carbocycles. The normalized spacial score (nSPS) is 15.7. The van der Waals surface area contributed by atoms with Crippen LogP contribution in [0.15, 0.2) is 23.2 Å². The Hall–Kier alpha value is -1.06. The van der Waals surface area contributed by atoms with Crippen LogP contribution in [0.3, 0.4) is 0 Å². The molecule has 172 valence electrons. The van der Waals surface area contributed by atoms with E-state index in [1.807, 2.05) is 0 Å². The minimum Gasteiger partial charge on any atom is -0.496 e. The number of piperidine rings is 1. The summed E-state index contributed by atoms with van der Waals surface area (Å²) in [4.78, 5) is 7.28. The van der Waals surface area contributed by atoms with Crippen molar-refractivity contribution in [3.63, 3.8) is 0 Å². The second-order valence-corrected chi connectivity index (χ2v) is 7.99. The zero-order chi connectivity index (χ0) is 21.1. The number of halogens is 1. The van der Waals surface area contributed by atoms with Crippen LogP contribution in [0, 0.1) is 6.92 Å². The maximum Gasteiger partial charge on any atom is 0.191 e. The Morgan fingerprint density at radius 2 is 2.00 bits per heavy atom. The Kier molecular flexibility index (Phi) is 13.4. The number of hydrogen-bond donors (Lipinski definition) is 2. The molecule has 0 amide bonds. The second-order valence-electron chi connectivity index (χ2n) is 7.99. The van der Waals surface area contributed by atoms with Crippen LogP contribution in [-0.2, 0) is 11.2 Å². The monoisotopic (exact) mass is 532 g/mol. The van der Waals surface area contributed by atoms with Gasteiger partial charge in [-0.05, 0) is 64.2 Å². The number of ether oxygens (including phenoxy) is 2. The SMILES string of the molecule is CCNC(=NCCc1ccc(C)c(OC)c1)NC1CCN(CCOC(C)C)CC1.I. The van der Waals surface area contributed by atoms with Gasteiger partial charge in [-0.2, -0.15) is 0 Å². The first-order valence-corrected chi connectivity index (χ1v) is 11.0. The lowest BCUT2D eigenvalue weighted by Crippen LogP contribution is -2.49. The molecule has 1 heterocycles. The Morgan fingerprint density at radius 1 is 1.27 bits per heavy atom. The molecule has 1 saturated heterocycles. The average molecular weight is 533 g/mol. The minimum absolute atomic E-state index is 0. The van der Waals surface area contributed by atoms with E-state index in [-0.39, 0.29) is 24.0 Å². The number of benzene rings is 1. The molecule has 1 fully saturated rings. The van der Waals surface area contributed by atoms with Crippen LogP contribution in [0.5, 0.6) is 5.75 Å². The van der Waals surface area contributed by atoms with Crippen LogP contribution in [0.1, 0.15) is 44.7 Å². The summed E-state index contributed by atoms with van der Waals surface area (Å²) in [5.74, 6) is 1.87. The zero-order valence-electron chi connectivity index (χ0n) is 19.4. The number of nitrogens with zero attached hydrogens (tertiary/aromatic N) is 2. The van der Waals surface area contributed by atoms with Crippen molar-refractivity contribution in [3.8, 4) is 5.75 Å². The Balaban J connectivity index is 0.00000450. The highest BCUT2D eigenvalue weighted by Crippen LogP contribution is 2.19. The number of aliphatic imine (C=N–C) groups is 1. The van der Waals surface area contributed by atoms with E-state index in [0.29, 0.717) is 12.1 Å². The molecule has 0 spiro atoms. The van der Waals surface area contributed by atoms with Crippen molar-refractivity contribution in [2.45, 2.75) is 59.1 Å². The maximum atomic E-state index is 5.68. The molecular formula is C23H41IN4O2. The summed E-state index contributed by atoms with van der Waals surface area (Å²) in [5.41, 5.74) is 2.42. The van der Waals surface area contributed by atoms with Gasteiger partial charge in [-0.1, -0.05) is 12.1 Å². The number of hydrogen-bond acceptors (Lipinski definition) is 4. The molecule has 2 rings (SSSR count). The summed E-state index contributed by atoms with van der Waals surface area (Å²) in [6.07, 6.45) is 3.50. The third-order valence-corrected chi connectivity index (χ3v) is 5.27. The highest BCUT2D eigenvalue weighted by atomic mass is 127. The van der Waals surface area contributed by atoms with Gasteiger partial charge in [0.15, 0.2) is 5.96 Å². The number of likely N-dealkylation sites (tertiary alicyclic amines) is 1. The molecule has 1 aliphatic rings. The number of aryl methyl sites for hydroxylation is 1. The lowest BCUT2D eigenvalue weighted by atomic mass is 10.1. The summed E-state index contributed by atoms with van der Waals surface area (Å²) in [6.45, 7) is 14.1. The average Bonchev–Trinajstić information content (AvgIpc) is 2.70. The number of methoxy groups -OCH3 is 1. The van der Waals surface area contributed by atoms with Crippen molar-refractivity contribution in [3.05, 3.63) is 29.3 Å². The third-order valence-electron chi connectivity index (χ3n) is 5.27. The highest BCUT2D eigenvalue weighted by molar-refractivity contribution is 14.0. The first-order valence-electron chi connectivity index (χ1n) is 11.0. The first-order chi connectivity index (χ1) is 14.0. The lowest BCUT2D eigenvalue weighted by Gasteiger charge is -2.33. The van der Waals surface area contributed by atoms with E-state index >= 15 is 0 Å². The van der Waals surface area contributed by atoms with Gasteiger partial charge in [0, 0.05) is 38.8 Å². The fraction of sp³-hybridized carbons (Fsp3) is 0.696. The van der Waals surface area contributed by atoms with Crippen LogP contribution in [0.4, 0.5) is 0 Å². The summed E-state index contributed by atoms with van der Waals surface area (Å²) in [7, 11) is 1.72. The van der Waals surface area contributed by atoms with Crippen LogP contribution in [0.25, 0.3) is 0 Å². The van der Waals surface area contributed by atoms with Gasteiger partial charge in [0.05, 0.1) is 19.8 Å². The van der Waals surface area contributed by atoms with Gasteiger partial charge in [0.25, 0.3) is 0 Å². The molecule has 7 heteroatoms. The van der Waals surface area contributed by atoms with E-state index in [1.165, 1.54) is 5.56 Å². The van der Waals surface area contributed by atoms with Crippen molar-refractivity contribution >= 4 is 29.9 Å². The van der Waals surface area contributed by atoms with Gasteiger partial charge < -0.3 is 25.0 Å². The standard InChI is InChI=1S/C23H40N4O2.HI/c1-6-24-23(25-12-9-20-8-7-19(4)22(17-20)28-5)26-21-10-13-27(14-11-21)15-16-29-18(2)3;/h7-8,17-18,21H,6,9-16H2,1-5H3,(H2,24,25,26);1H. The molecule has 0 bridgehead atoms. The second kappa shape index (κ2) is 14.9. The van der Waals surface area contributed by atoms with Crippen molar-refractivity contribution in [2.24, 2.45) is 4.99 Å². The predicted molar refractivity (Wildman–Crippen MR) is 137 cm³/mol. The highest BCUT2D eigenvalue weighted by Gasteiger charge is 2.19. The summed E-state index contributed by atoms with van der Waals surface area (Å²) < 4.78 is 11.1. The van der Waals surface area contributed by atoms with Gasteiger partial charge in [-0.3, -0.25) is 4.99 Å². The molecule has 0 radical (unpaired) electrons. The van der Waals surface area contributed by atoms with Crippen molar-refractivity contribution < 1.29 is 9.47 Å². The fourth-order valence-corrected chi connectivity index (χ4v) is 3.55. The van der Waals surface area contributed by atoms with E-state index in [0.717, 1.165) is 75.9 Å². The van der Waals surface area contributed by atoms with E-state index < -0.39 is 0 Å². The van der Waals surface area contributed by atoms with Crippen LogP contribution < -0.4 is 15.4 Å². The Bertz CT molecular complexity index is 632. The fourth-order valence-electron chi connectivity index (χ4n) is 3.55. The quantitative estimate of drug-likeness (QED) is 0.274. The van der Waals surface area contributed by atoms with Gasteiger partial charge in [0.2, 0.25) is 0 Å². The summed E-state index contributed by atoms with van der Waals surface area (Å²) in [5, 5.41) is 7.01. The van der Waals surface area contributed by atoms with E-state index in [1.54, 1.807) is 7.11 Å². The molecule has 0 saturated carbocycles. The smallest absolute Gasteiger partial charge is 0.191 e. The maximum absolute atomic E-state index is 5.68. The van der Waals surface area contributed by atoms with Crippen LogP contribution in [0.2, 0.25) is 0 Å². The topological polar surface area (TPSA) is 58.1 Å². The minimum atomic E-state index is 0. The number of nitrogens with one attached hydrogen (secondary N) is 2. The molecule has 0 aliphatic carbocycles. The largest absolute Gasteiger partial charge is 0.496 e. The van der Waals surface area contributed by atoms with Gasteiger partial charge in [-0.15, -0.1) is 24.0 Å². The molecule has 30 heavy (non-hydrogen) atoms. The Morgan fingerprint density at radius 3 is 2.63 bits per heavy atom. The van der Waals surface area contributed by atoms with E-state index in [4.69, 9.17) is 14.5 Å². The molecule has 2 N–H and O–H groups in total. The Labute approximate surface area is 200 Å². The first kappa shape index (κ1) is 27.0. The van der Waals surface area contributed by atoms with Crippen molar-refractivity contribution in [1.29, 1.82) is 0 Å². The van der Waals surface area contributed by atoms with Gasteiger partial charge in [-0.25, -0.2) is 0 Å². The molecule has 0 atom stereocenters. The van der Waals surface area contributed by atoms with Gasteiger partial charge in [0.1, 0.15) is 5.75 Å².